The van der Waals surface area contributed by atoms with Crippen molar-refractivity contribution in [2.45, 2.75) is 12.4 Å². The molecule has 1 aromatic rings. The van der Waals surface area contributed by atoms with Crippen molar-refractivity contribution in [3.8, 4) is 11.5 Å². The highest BCUT2D eigenvalue weighted by Crippen LogP contribution is 2.33. The van der Waals surface area contributed by atoms with Crippen LogP contribution in [0, 0.1) is 0 Å². The molecule has 122 valence electrons. The molecule has 22 heavy (non-hydrogen) atoms. The van der Waals surface area contributed by atoms with Crippen molar-refractivity contribution in [3.63, 3.8) is 0 Å². The number of Topliss-reactive ketones (excluding diaryl/α,β-unsaturated/α-hetero) is 1. The Bertz CT molecular complexity index is 694. The van der Waals surface area contributed by atoms with E-state index in [0.29, 0.717) is 0 Å². The third-order valence-corrected chi connectivity index (χ3v) is 3.15. The van der Waals surface area contributed by atoms with Crippen molar-refractivity contribution < 1.29 is 45.2 Å². The SMILES string of the molecule is CC(=O)c1ccc(OS(=O)(=O)C(F)(F)F)c(OCC(=O)O)c1. The maximum atomic E-state index is 12.3. The molecule has 0 spiro atoms. The van der Waals surface area contributed by atoms with Crippen LogP contribution in [0.1, 0.15) is 17.3 Å². The number of hydrogen-bond acceptors (Lipinski definition) is 6. The van der Waals surface area contributed by atoms with Gasteiger partial charge in [-0.1, -0.05) is 0 Å². The van der Waals surface area contributed by atoms with Crippen LogP contribution in [0.15, 0.2) is 18.2 Å². The number of carboxylic acid groups (broad SMARTS) is 1. The van der Waals surface area contributed by atoms with E-state index in [1.165, 1.54) is 0 Å². The summed E-state index contributed by atoms with van der Waals surface area (Å²) in [6.07, 6.45) is 0. The molecule has 1 aromatic carbocycles. The molecule has 0 amide bonds. The van der Waals surface area contributed by atoms with Gasteiger partial charge in [0.2, 0.25) is 0 Å². The summed E-state index contributed by atoms with van der Waals surface area (Å²) in [5, 5.41) is 8.47. The Balaban J connectivity index is 3.23. The number of alkyl halides is 3. The van der Waals surface area contributed by atoms with Gasteiger partial charge in [-0.3, -0.25) is 4.79 Å². The lowest BCUT2D eigenvalue weighted by Gasteiger charge is -2.13. The average molecular weight is 342 g/mol. The van der Waals surface area contributed by atoms with Crippen LogP contribution in [0.2, 0.25) is 0 Å². The molecule has 0 saturated heterocycles. The van der Waals surface area contributed by atoms with Crippen molar-refractivity contribution in [1.82, 2.24) is 0 Å². The number of carbonyl (C=O) groups is 2. The summed E-state index contributed by atoms with van der Waals surface area (Å²) < 4.78 is 67.2. The quantitative estimate of drug-likeness (QED) is 0.475. The molecule has 0 aliphatic heterocycles. The van der Waals surface area contributed by atoms with Gasteiger partial charge in [0, 0.05) is 5.56 Å². The molecule has 0 atom stereocenters. The van der Waals surface area contributed by atoms with Gasteiger partial charge in [0.15, 0.2) is 23.9 Å². The van der Waals surface area contributed by atoms with Crippen LogP contribution in [-0.2, 0) is 14.9 Å². The lowest BCUT2D eigenvalue weighted by Crippen LogP contribution is -2.28. The Kier molecular flexibility index (Phi) is 5.02. The zero-order chi connectivity index (χ0) is 17.1. The average Bonchev–Trinajstić information content (AvgIpc) is 2.35. The summed E-state index contributed by atoms with van der Waals surface area (Å²) in [7, 11) is -5.96. The number of ether oxygens (including phenoxy) is 1. The summed E-state index contributed by atoms with van der Waals surface area (Å²) in [5.74, 6) is -3.46. The molecule has 0 aromatic heterocycles. The summed E-state index contributed by atoms with van der Waals surface area (Å²) in [6.45, 7) is 0.174. The maximum Gasteiger partial charge on any atom is 0.534 e. The van der Waals surface area contributed by atoms with Crippen molar-refractivity contribution >= 4 is 21.9 Å². The van der Waals surface area contributed by atoms with E-state index in [1.54, 1.807) is 0 Å². The van der Waals surface area contributed by atoms with Crippen LogP contribution >= 0.6 is 0 Å². The second-order valence-corrected chi connectivity index (χ2v) is 5.42. The van der Waals surface area contributed by atoms with E-state index in [4.69, 9.17) is 5.11 Å². The highest BCUT2D eigenvalue weighted by atomic mass is 32.2. The molecule has 0 saturated carbocycles. The summed E-state index contributed by atoms with van der Waals surface area (Å²) in [6, 6.07) is 2.65. The van der Waals surface area contributed by atoms with Crippen molar-refractivity contribution in [2.75, 3.05) is 6.61 Å². The monoisotopic (exact) mass is 342 g/mol. The Morgan fingerprint density at radius 2 is 1.82 bits per heavy atom. The molecule has 0 heterocycles. The minimum atomic E-state index is -5.96. The highest BCUT2D eigenvalue weighted by Gasteiger charge is 2.49. The normalized spacial score (nSPS) is 11.8. The largest absolute Gasteiger partial charge is 0.534 e. The zero-order valence-electron chi connectivity index (χ0n) is 10.9. The summed E-state index contributed by atoms with van der Waals surface area (Å²) >= 11 is 0. The van der Waals surface area contributed by atoms with E-state index in [2.05, 4.69) is 8.92 Å². The first kappa shape index (κ1) is 17.8. The Morgan fingerprint density at radius 3 is 2.27 bits per heavy atom. The molecule has 0 bridgehead atoms. The first-order valence-electron chi connectivity index (χ1n) is 5.44. The number of rotatable bonds is 6. The third-order valence-electron chi connectivity index (χ3n) is 2.18. The smallest absolute Gasteiger partial charge is 0.479 e. The van der Waals surface area contributed by atoms with E-state index in [1.807, 2.05) is 0 Å². The fourth-order valence-electron chi connectivity index (χ4n) is 1.21. The van der Waals surface area contributed by atoms with Crippen LogP contribution in [0.25, 0.3) is 0 Å². The summed E-state index contributed by atoms with van der Waals surface area (Å²) in [4.78, 5) is 21.6. The van der Waals surface area contributed by atoms with Gasteiger partial charge in [0.25, 0.3) is 0 Å². The van der Waals surface area contributed by atoms with E-state index in [9.17, 15) is 31.2 Å². The van der Waals surface area contributed by atoms with E-state index < -0.39 is 45.5 Å². The van der Waals surface area contributed by atoms with Crippen molar-refractivity contribution in [3.05, 3.63) is 23.8 Å². The molecule has 0 aliphatic carbocycles. The number of benzene rings is 1. The maximum absolute atomic E-state index is 12.3. The Hall–Kier alpha value is -2.30. The fraction of sp³-hybridized carbons (Fsp3) is 0.273. The molecule has 0 fully saturated rings. The van der Waals surface area contributed by atoms with Gasteiger partial charge in [-0.15, -0.1) is 0 Å². The number of halogens is 3. The lowest BCUT2D eigenvalue weighted by atomic mass is 10.1. The van der Waals surface area contributed by atoms with Gasteiger partial charge in [-0.25, -0.2) is 4.79 Å². The molecule has 11 heteroatoms. The van der Waals surface area contributed by atoms with Crippen LogP contribution in [0.5, 0.6) is 11.5 Å². The van der Waals surface area contributed by atoms with Crippen LogP contribution in [0.4, 0.5) is 13.2 Å². The number of carbonyl (C=O) groups excluding carboxylic acids is 1. The van der Waals surface area contributed by atoms with Gasteiger partial charge in [0.1, 0.15) is 0 Å². The zero-order valence-corrected chi connectivity index (χ0v) is 11.7. The predicted octanol–water partition coefficient (Wildman–Crippen LogP) is 1.58. The molecule has 0 unspecified atom stereocenters. The summed E-state index contributed by atoms with van der Waals surface area (Å²) in [5.41, 5.74) is -5.70. The first-order chi connectivity index (χ1) is 9.94. The number of aliphatic carboxylic acids is 1. The third kappa shape index (κ3) is 4.35. The van der Waals surface area contributed by atoms with Gasteiger partial charge >= 0.3 is 21.6 Å². The van der Waals surface area contributed by atoms with E-state index in [0.717, 1.165) is 25.1 Å². The van der Waals surface area contributed by atoms with Crippen molar-refractivity contribution in [1.29, 1.82) is 0 Å². The van der Waals surface area contributed by atoms with E-state index in [-0.39, 0.29) is 5.56 Å². The molecular weight excluding hydrogens is 333 g/mol. The minimum absolute atomic E-state index is 0.0304. The van der Waals surface area contributed by atoms with Gasteiger partial charge in [0.05, 0.1) is 0 Å². The molecule has 1 rings (SSSR count). The second kappa shape index (κ2) is 6.22. The molecule has 0 radical (unpaired) electrons. The second-order valence-electron chi connectivity index (χ2n) is 3.88. The predicted molar refractivity (Wildman–Crippen MR) is 65.2 cm³/mol. The standard InChI is InChI=1S/C11H9F3O7S/c1-6(15)7-2-3-8(9(4-7)20-5-10(16)17)21-22(18,19)11(12,13)14/h2-4H,5H2,1H3,(H,16,17). The molecular formula is C11H9F3O7S. The highest BCUT2D eigenvalue weighted by molar-refractivity contribution is 7.88. The first-order valence-corrected chi connectivity index (χ1v) is 6.85. The van der Waals surface area contributed by atoms with Gasteiger partial charge in [-0.2, -0.15) is 21.6 Å². The van der Waals surface area contributed by atoms with Crippen LogP contribution < -0.4 is 8.92 Å². The van der Waals surface area contributed by atoms with Crippen LogP contribution in [0.3, 0.4) is 0 Å². The van der Waals surface area contributed by atoms with Gasteiger partial charge < -0.3 is 14.0 Å². The van der Waals surface area contributed by atoms with Gasteiger partial charge in [-0.05, 0) is 25.1 Å². The van der Waals surface area contributed by atoms with Crippen LogP contribution in [-0.4, -0.2) is 37.4 Å². The fourth-order valence-corrected chi connectivity index (χ4v) is 1.68. The Labute approximate surface area is 122 Å². The Morgan fingerprint density at radius 1 is 1.23 bits per heavy atom. The van der Waals surface area contributed by atoms with E-state index >= 15 is 0 Å². The topological polar surface area (TPSA) is 107 Å². The number of ketones is 1. The van der Waals surface area contributed by atoms with Crippen molar-refractivity contribution in [2.24, 2.45) is 0 Å². The molecule has 1 N–H and O–H groups in total. The molecule has 0 aliphatic rings. The minimum Gasteiger partial charge on any atom is -0.479 e. The number of hydrogen-bond donors (Lipinski definition) is 1. The number of carboxylic acids is 1. The molecule has 7 nitrogen and oxygen atoms in total. The lowest BCUT2D eigenvalue weighted by molar-refractivity contribution is -0.139.